The lowest BCUT2D eigenvalue weighted by molar-refractivity contribution is 0.305. The summed E-state index contributed by atoms with van der Waals surface area (Å²) in [6.45, 7) is 0.378. The van der Waals surface area contributed by atoms with Gasteiger partial charge in [0.1, 0.15) is 24.0 Å². The minimum absolute atomic E-state index is 0.280. The number of nitrogens with two attached hydrogens (primary N) is 1. The van der Waals surface area contributed by atoms with E-state index in [2.05, 4.69) is 10.4 Å². The highest BCUT2D eigenvalue weighted by atomic mass is 19.1. The molecule has 0 saturated heterocycles. The van der Waals surface area contributed by atoms with Crippen molar-refractivity contribution in [2.45, 2.75) is 6.61 Å². The molecule has 17 heavy (non-hydrogen) atoms. The average molecular weight is 233 g/mol. The van der Waals surface area contributed by atoms with E-state index in [1.54, 1.807) is 24.4 Å². The summed E-state index contributed by atoms with van der Waals surface area (Å²) in [5, 5.41) is 0. The standard InChI is InChI=1S/C12H12FN3O/c13-10-2-4-11(5-3-10)17-8-9-1-6-12(16-14)15-7-9/h1-7H,8,14H2,(H,15,16). The summed E-state index contributed by atoms with van der Waals surface area (Å²) in [5.41, 5.74) is 3.35. The Bertz CT molecular complexity index is 470. The molecule has 0 fully saturated rings. The summed E-state index contributed by atoms with van der Waals surface area (Å²) in [7, 11) is 0. The fraction of sp³-hybridized carbons (Fsp3) is 0.0833. The van der Waals surface area contributed by atoms with E-state index in [0.717, 1.165) is 5.56 Å². The minimum Gasteiger partial charge on any atom is -0.489 e. The van der Waals surface area contributed by atoms with Crippen molar-refractivity contribution in [3.05, 3.63) is 54.0 Å². The van der Waals surface area contributed by atoms with Gasteiger partial charge in [-0.05, 0) is 30.3 Å². The molecule has 4 nitrogen and oxygen atoms in total. The van der Waals surface area contributed by atoms with Crippen LogP contribution in [-0.2, 0) is 6.61 Å². The molecule has 0 aliphatic heterocycles. The van der Waals surface area contributed by atoms with Gasteiger partial charge in [-0.25, -0.2) is 15.2 Å². The van der Waals surface area contributed by atoms with Crippen LogP contribution in [0.4, 0.5) is 10.2 Å². The van der Waals surface area contributed by atoms with Crippen molar-refractivity contribution >= 4 is 5.82 Å². The Labute approximate surface area is 98.2 Å². The zero-order valence-electron chi connectivity index (χ0n) is 9.06. The predicted octanol–water partition coefficient (Wildman–Crippen LogP) is 2.09. The maximum atomic E-state index is 12.6. The average Bonchev–Trinajstić information content (AvgIpc) is 2.39. The zero-order valence-corrected chi connectivity index (χ0v) is 9.06. The monoisotopic (exact) mass is 233 g/mol. The van der Waals surface area contributed by atoms with E-state index >= 15 is 0 Å². The van der Waals surface area contributed by atoms with Gasteiger partial charge in [0.25, 0.3) is 0 Å². The first kappa shape index (κ1) is 11.3. The number of nitrogen functional groups attached to an aromatic ring is 1. The number of hydrazine groups is 1. The third-order valence-electron chi connectivity index (χ3n) is 2.19. The van der Waals surface area contributed by atoms with Crippen LogP contribution in [0.3, 0.4) is 0 Å². The van der Waals surface area contributed by atoms with E-state index in [4.69, 9.17) is 10.6 Å². The van der Waals surface area contributed by atoms with Crippen molar-refractivity contribution in [3.63, 3.8) is 0 Å². The fourth-order valence-electron chi connectivity index (χ4n) is 1.29. The van der Waals surface area contributed by atoms with Gasteiger partial charge >= 0.3 is 0 Å². The molecule has 0 bridgehead atoms. The van der Waals surface area contributed by atoms with Crippen LogP contribution in [0.25, 0.3) is 0 Å². The van der Waals surface area contributed by atoms with Crippen LogP contribution in [0.2, 0.25) is 0 Å². The molecule has 0 atom stereocenters. The molecular weight excluding hydrogens is 221 g/mol. The van der Waals surface area contributed by atoms with Crippen LogP contribution in [-0.4, -0.2) is 4.98 Å². The highest BCUT2D eigenvalue weighted by molar-refractivity contribution is 5.33. The van der Waals surface area contributed by atoms with Gasteiger partial charge in [-0.1, -0.05) is 6.07 Å². The zero-order chi connectivity index (χ0) is 12.1. The molecule has 1 heterocycles. The summed E-state index contributed by atoms with van der Waals surface area (Å²) in [6, 6.07) is 9.48. The molecule has 0 aliphatic carbocycles. The molecule has 0 aliphatic rings. The largest absolute Gasteiger partial charge is 0.489 e. The number of rotatable bonds is 4. The first-order valence-electron chi connectivity index (χ1n) is 5.08. The Kier molecular flexibility index (Phi) is 3.52. The molecule has 88 valence electrons. The number of nitrogens with zero attached hydrogens (tertiary/aromatic N) is 1. The molecule has 2 rings (SSSR count). The van der Waals surface area contributed by atoms with Crippen molar-refractivity contribution in [3.8, 4) is 5.75 Å². The Morgan fingerprint density at radius 2 is 1.94 bits per heavy atom. The van der Waals surface area contributed by atoms with Crippen molar-refractivity contribution in [1.82, 2.24) is 4.98 Å². The molecular formula is C12H12FN3O. The number of nitrogens with one attached hydrogen (secondary N) is 1. The highest BCUT2D eigenvalue weighted by Gasteiger charge is 1.97. The van der Waals surface area contributed by atoms with E-state index in [1.165, 1.54) is 12.1 Å². The predicted molar refractivity (Wildman–Crippen MR) is 62.8 cm³/mol. The number of aromatic nitrogens is 1. The van der Waals surface area contributed by atoms with Crippen molar-refractivity contribution in [1.29, 1.82) is 0 Å². The Morgan fingerprint density at radius 1 is 1.18 bits per heavy atom. The fourth-order valence-corrected chi connectivity index (χ4v) is 1.29. The summed E-state index contributed by atoms with van der Waals surface area (Å²) in [6.07, 6.45) is 1.67. The maximum absolute atomic E-state index is 12.6. The number of benzene rings is 1. The smallest absolute Gasteiger partial charge is 0.139 e. The van der Waals surface area contributed by atoms with Crippen molar-refractivity contribution < 1.29 is 9.13 Å². The van der Waals surface area contributed by atoms with E-state index in [1.807, 2.05) is 6.07 Å². The van der Waals surface area contributed by atoms with E-state index < -0.39 is 0 Å². The number of ether oxygens (including phenoxy) is 1. The highest BCUT2D eigenvalue weighted by Crippen LogP contribution is 2.13. The number of hydrogen-bond donors (Lipinski definition) is 2. The normalized spacial score (nSPS) is 10.0. The molecule has 1 aromatic carbocycles. The van der Waals surface area contributed by atoms with Gasteiger partial charge in [-0.2, -0.15) is 0 Å². The second kappa shape index (κ2) is 5.27. The van der Waals surface area contributed by atoms with Crippen molar-refractivity contribution in [2.75, 3.05) is 5.43 Å². The Balaban J connectivity index is 1.95. The summed E-state index contributed by atoms with van der Waals surface area (Å²) < 4.78 is 18.1. The van der Waals surface area contributed by atoms with Crippen molar-refractivity contribution in [2.24, 2.45) is 5.84 Å². The molecule has 1 aromatic heterocycles. The van der Waals surface area contributed by atoms with E-state index in [9.17, 15) is 4.39 Å². The maximum Gasteiger partial charge on any atom is 0.139 e. The molecule has 0 spiro atoms. The van der Waals surface area contributed by atoms with Gasteiger partial charge in [0.15, 0.2) is 0 Å². The third-order valence-corrected chi connectivity index (χ3v) is 2.19. The summed E-state index contributed by atoms with van der Waals surface area (Å²) in [4.78, 5) is 4.05. The molecule has 0 radical (unpaired) electrons. The quantitative estimate of drug-likeness (QED) is 0.627. The second-order valence-electron chi connectivity index (χ2n) is 3.44. The number of halogens is 1. The lowest BCUT2D eigenvalue weighted by Crippen LogP contribution is -2.08. The SMILES string of the molecule is NNc1ccc(COc2ccc(F)cc2)cn1. The van der Waals surface area contributed by atoms with Gasteiger partial charge in [-0.3, -0.25) is 0 Å². The lowest BCUT2D eigenvalue weighted by atomic mass is 10.3. The number of anilines is 1. The van der Waals surface area contributed by atoms with Gasteiger partial charge in [0, 0.05) is 11.8 Å². The number of pyridine rings is 1. The summed E-state index contributed by atoms with van der Waals surface area (Å²) in [5.74, 6) is 6.13. The molecule has 2 aromatic rings. The first-order chi connectivity index (χ1) is 8.28. The van der Waals surface area contributed by atoms with Crippen LogP contribution in [0.1, 0.15) is 5.56 Å². The van der Waals surface area contributed by atoms with Gasteiger partial charge in [-0.15, -0.1) is 0 Å². The van der Waals surface area contributed by atoms with Crippen LogP contribution in [0.5, 0.6) is 5.75 Å². The minimum atomic E-state index is -0.280. The van der Waals surface area contributed by atoms with Crippen LogP contribution >= 0.6 is 0 Å². The number of hydrogen-bond acceptors (Lipinski definition) is 4. The van der Waals surface area contributed by atoms with Crippen LogP contribution in [0.15, 0.2) is 42.6 Å². The Hall–Kier alpha value is -2.14. The Morgan fingerprint density at radius 3 is 2.53 bits per heavy atom. The molecule has 0 unspecified atom stereocenters. The topological polar surface area (TPSA) is 60.2 Å². The van der Waals surface area contributed by atoms with Crippen LogP contribution < -0.4 is 16.0 Å². The van der Waals surface area contributed by atoms with Crippen LogP contribution in [0, 0.1) is 5.82 Å². The molecule has 0 saturated carbocycles. The molecule has 0 amide bonds. The molecule has 5 heteroatoms. The van der Waals surface area contributed by atoms with Gasteiger partial charge in [0.05, 0.1) is 0 Å². The summed E-state index contributed by atoms with van der Waals surface area (Å²) >= 11 is 0. The van der Waals surface area contributed by atoms with E-state index in [0.29, 0.717) is 18.2 Å². The molecule has 3 N–H and O–H groups in total. The van der Waals surface area contributed by atoms with E-state index in [-0.39, 0.29) is 5.82 Å². The lowest BCUT2D eigenvalue weighted by Gasteiger charge is -2.06. The van der Waals surface area contributed by atoms with Gasteiger partial charge in [0.2, 0.25) is 0 Å². The second-order valence-corrected chi connectivity index (χ2v) is 3.44. The third kappa shape index (κ3) is 3.15. The van der Waals surface area contributed by atoms with Gasteiger partial charge < -0.3 is 10.2 Å². The first-order valence-corrected chi connectivity index (χ1v) is 5.08.